The largest absolute Gasteiger partial charge is 0.358 e. The molecule has 1 aromatic heterocycles. The van der Waals surface area contributed by atoms with Gasteiger partial charge in [-0.15, -0.1) is 0 Å². The number of piperazine rings is 1. The van der Waals surface area contributed by atoms with Gasteiger partial charge < -0.3 is 4.98 Å². The summed E-state index contributed by atoms with van der Waals surface area (Å²) in [5.74, 6) is 0. The topological polar surface area (TPSA) is 33.1 Å². The fraction of sp³-hybridized carbons (Fsp3) is 0.417. The molecule has 1 aliphatic heterocycles. The number of H-pyrrole nitrogens is 1. The highest BCUT2D eigenvalue weighted by atomic mass is 15.2. The number of hydrogen-bond donors (Lipinski definition) is 1. The van der Waals surface area contributed by atoms with Crippen LogP contribution in [0.1, 0.15) is 41.3 Å². The van der Waals surface area contributed by atoms with Gasteiger partial charge in [-0.3, -0.25) is 4.90 Å². The summed E-state index contributed by atoms with van der Waals surface area (Å²) in [5.41, 5.74) is 7.16. The zero-order valence-electron chi connectivity index (χ0n) is 16.0. The fourth-order valence-electron chi connectivity index (χ4n) is 4.73. The quantitative estimate of drug-likeness (QED) is 0.743. The van der Waals surface area contributed by atoms with E-state index in [1.54, 1.807) is 5.56 Å². The molecule has 1 N–H and O–H groups in total. The Morgan fingerprint density at radius 2 is 1.93 bits per heavy atom. The van der Waals surface area contributed by atoms with E-state index < -0.39 is 0 Å². The molecule has 2 aromatic carbocycles. The van der Waals surface area contributed by atoms with Gasteiger partial charge in [-0.1, -0.05) is 36.4 Å². The molecule has 2 aliphatic rings. The van der Waals surface area contributed by atoms with Crippen LogP contribution in [0.25, 0.3) is 10.9 Å². The Kier molecular flexibility index (Phi) is 4.73. The van der Waals surface area contributed by atoms with Crippen molar-refractivity contribution in [1.82, 2.24) is 15.2 Å². The lowest BCUT2D eigenvalue weighted by atomic mass is 9.94. The molecule has 3 heteroatoms. The van der Waals surface area contributed by atoms with Crippen molar-refractivity contribution in [2.75, 3.05) is 26.2 Å². The minimum Gasteiger partial charge on any atom is -0.358 e. The highest BCUT2D eigenvalue weighted by Crippen LogP contribution is 2.31. The first-order chi connectivity index (χ1) is 13.4. The molecule has 139 valence electrons. The molecule has 3 aromatic rings. The minimum atomic E-state index is 0.313. The van der Waals surface area contributed by atoms with Crippen LogP contribution in [0.4, 0.5) is 0 Å². The van der Waals surface area contributed by atoms with Crippen LogP contribution in [-0.2, 0) is 19.3 Å². The second-order valence-corrected chi connectivity index (χ2v) is 8.05. The van der Waals surface area contributed by atoms with E-state index in [9.17, 15) is 0 Å². The van der Waals surface area contributed by atoms with Crippen molar-refractivity contribution in [3.8, 4) is 0 Å². The zero-order chi connectivity index (χ0) is 18.1. The Hall–Kier alpha value is -2.10. The van der Waals surface area contributed by atoms with Gasteiger partial charge in [0, 0.05) is 42.8 Å². The third-order valence-corrected chi connectivity index (χ3v) is 6.26. The Morgan fingerprint density at radius 3 is 2.85 bits per heavy atom. The summed E-state index contributed by atoms with van der Waals surface area (Å²) in [5, 5.41) is 6.40. The van der Waals surface area contributed by atoms with Crippen molar-refractivity contribution >= 4 is 10.9 Å². The first kappa shape index (κ1) is 17.0. The lowest BCUT2D eigenvalue weighted by Gasteiger charge is -2.32. The van der Waals surface area contributed by atoms with Gasteiger partial charge in [-0.05, 0) is 60.9 Å². The van der Waals surface area contributed by atoms with Crippen LogP contribution in [0.15, 0.2) is 48.5 Å². The standard InChI is InChI=1S/C24H28N3/c1-2-6-18(7-3-1)12-14-27-15-13-25-24(17-27)19-10-11-23-21(16-19)20-8-4-5-9-22(20)26-23/h1-3,6-7,10-11,16,24,26H,4-5,8-9,12-15,17H2. The number of aryl methyl sites for hydroxylation is 2. The minimum absolute atomic E-state index is 0.313. The maximum absolute atomic E-state index is 4.96. The van der Waals surface area contributed by atoms with Crippen LogP contribution < -0.4 is 5.32 Å². The molecule has 1 unspecified atom stereocenters. The number of benzene rings is 2. The van der Waals surface area contributed by atoms with Gasteiger partial charge in [0.15, 0.2) is 0 Å². The summed E-state index contributed by atoms with van der Waals surface area (Å²) in [6, 6.07) is 18.1. The molecule has 0 spiro atoms. The molecule has 27 heavy (non-hydrogen) atoms. The summed E-state index contributed by atoms with van der Waals surface area (Å²) in [4.78, 5) is 6.24. The number of aromatic amines is 1. The van der Waals surface area contributed by atoms with Crippen LogP contribution in [0.2, 0.25) is 0 Å². The highest BCUT2D eigenvalue weighted by Gasteiger charge is 2.23. The summed E-state index contributed by atoms with van der Waals surface area (Å²) < 4.78 is 0. The van der Waals surface area contributed by atoms with E-state index in [1.165, 1.54) is 53.4 Å². The number of rotatable bonds is 4. The normalized spacial score (nSPS) is 20.7. The SMILES string of the molecule is c1ccc(CCN2CC[N]C(c3ccc4[nH]c5c(c4c3)CCCC5)C2)cc1. The molecule has 0 amide bonds. The van der Waals surface area contributed by atoms with Crippen molar-refractivity contribution in [2.45, 2.75) is 38.1 Å². The lowest BCUT2D eigenvalue weighted by molar-refractivity contribution is 0.199. The molecular weight excluding hydrogens is 330 g/mol. The van der Waals surface area contributed by atoms with Crippen LogP contribution in [-0.4, -0.2) is 36.1 Å². The molecule has 1 aliphatic carbocycles. The molecule has 1 radical (unpaired) electrons. The summed E-state index contributed by atoms with van der Waals surface area (Å²) >= 11 is 0. The highest BCUT2D eigenvalue weighted by molar-refractivity contribution is 5.85. The van der Waals surface area contributed by atoms with E-state index >= 15 is 0 Å². The average Bonchev–Trinajstić information content (AvgIpc) is 3.11. The first-order valence-electron chi connectivity index (χ1n) is 10.4. The summed E-state index contributed by atoms with van der Waals surface area (Å²) in [6.07, 6.45) is 6.20. The number of aromatic nitrogens is 1. The molecule has 1 fully saturated rings. The fourth-order valence-corrected chi connectivity index (χ4v) is 4.73. The van der Waals surface area contributed by atoms with E-state index in [4.69, 9.17) is 5.32 Å². The molecule has 2 heterocycles. The van der Waals surface area contributed by atoms with Crippen molar-refractivity contribution in [3.05, 3.63) is 70.9 Å². The van der Waals surface area contributed by atoms with E-state index in [0.29, 0.717) is 6.04 Å². The van der Waals surface area contributed by atoms with Crippen molar-refractivity contribution in [1.29, 1.82) is 0 Å². The van der Waals surface area contributed by atoms with Crippen LogP contribution in [0, 0.1) is 0 Å². The molecule has 1 atom stereocenters. The van der Waals surface area contributed by atoms with Gasteiger partial charge in [0.2, 0.25) is 0 Å². The molecule has 1 saturated heterocycles. The zero-order valence-corrected chi connectivity index (χ0v) is 16.0. The van der Waals surface area contributed by atoms with Crippen LogP contribution >= 0.6 is 0 Å². The number of nitrogens with one attached hydrogen (secondary N) is 1. The summed E-state index contributed by atoms with van der Waals surface area (Å²) in [7, 11) is 0. The van der Waals surface area contributed by atoms with Gasteiger partial charge in [0.25, 0.3) is 0 Å². The van der Waals surface area contributed by atoms with Crippen LogP contribution in [0.3, 0.4) is 0 Å². The predicted octanol–water partition coefficient (Wildman–Crippen LogP) is 4.25. The van der Waals surface area contributed by atoms with Crippen molar-refractivity contribution < 1.29 is 0 Å². The van der Waals surface area contributed by atoms with Gasteiger partial charge in [0.05, 0.1) is 6.04 Å². The third-order valence-electron chi connectivity index (χ3n) is 6.26. The second-order valence-electron chi connectivity index (χ2n) is 8.05. The number of hydrogen-bond acceptors (Lipinski definition) is 1. The molecular formula is C24H28N3. The van der Waals surface area contributed by atoms with E-state index in [1.807, 2.05) is 0 Å². The number of fused-ring (bicyclic) bond motifs is 3. The Bertz CT molecular complexity index is 912. The van der Waals surface area contributed by atoms with Gasteiger partial charge >= 0.3 is 0 Å². The van der Waals surface area contributed by atoms with E-state index in [2.05, 4.69) is 58.4 Å². The third kappa shape index (κ3) is 3.54. The Morgan fingerprint density at radius 1 is 1.04 bits per heavy atom. The average molecular weight is 359 g/mol. The molecule has 5 rings (SSSR count). The van der Waals surface area contributed by atoms with Crippen molar-refractivity contribution in [3.63, 3.8) is 0 Å². The van der Waals surface area contributed by atoms with Crippen molar-refractivity contribution in [2.24, 2.45) is 0 Å². The van der Waals surface area contributed by atoms with Gasteiger partial charge in [0.1, 0.15) is 0 Å². The first-order valence-corrected chi connectivity index (χ1v) is 10.4. The Balaban J connectivity index is 1.31. The maximum atomic E-state index is 4.96. The van der Waals surface area contributed by atoms with E-state index in [-0.39, 0.29) is 0 Å². The molecule has 3 nitrogen and oxygen atoms in total. The molecule has 0 bridgehead atoms. The predicted molar refractivity (Wildman–Crippen MR) is 111 cm³/mol. The maximum Gasteiger partial charge on any atom is 0.0623 e. The van der Waals surface area contributed by atoms with Gasteiger partial charge in [-0.2, -0.15) is 0 Å². The second kappa shape index (κ2) is 7.49. The van der Waals surface area contributed by atoms with Crippen LogP contribution in [0.5, 0.6) is 0 Å². The van der Waals surface area contributed by atoms with Gasteiger partial charge in [-0.25, -0.2) is 5.32 Å². The number of nitrogens with zero attached hydrogens (tertiary/aromatic N) is 2. The smallest absolute Gasteiger partial charge is 0.0623 e. The summed E-state index contributed by atoms with van der Waals surface area (Å²) in [6.45, 7) is 4.21. The lowest BCUT2D eigenvalue weighted by Crippen LogP contribution is -2.43. The van der Waals surface area contributed by atoms with E-state index in [0.717, 1.165) is 32.6 Å². The molecule has 0 saturated carbocycles. The monoisotopic (exact) mass is 358 g/mol. The Labute approximate surface area is 161 Å².